The number of aliphatic carboxylic acids is 1. The van der Waals surface area contributed by atoms with Crippen LogP contribution in [-0.4, -0.2) is 48.4 Å². The van der Waals surface area contributed by atoms with Crippen LogP contribution in [0, 0.1) is 39.4 Å². The molecular weight excluding hydrogens is 532 g/mol. The van der Waals surface area contributed by atoms with E-state index in [1.807, 2.05) is 6.08 Å². The van der Waals surface area contributed by atoms with Crippen molar-refractivity contribution in [3.63, 3.8) is 0 Å². The second-order valence-corrected chi connectivity index (χ2v) is 15.1. The number of hydrogen-bond donors (Lipinski definition) is 1. The van der Waals surface area contributed by atoms with E-state index in [1.165, 1.54) is 25.0 Å². The lowest BCUT2D eigenvalue weighted by molar-refractivity contribution is -0.172. The molecule has 0 aromatic rings. The fourth-order valence-corrected chi connectivity index (χ4v) is 10.3. The standard InChI is InChI=1S/C35H54O7/c1-20(12-11-13-21(2)31(38)39)25-18-29(42-23(4)37)35(9)30-24(14-17-34(25,35)8)33(7)16-15-28(41-22(3)36)32(5,6)27(33)19-26(30)40-10/h13,20,25-29H,11-12,14-19H2,1-10H3,(H,38,39)/b21-13+/t20-,25-,26-,27+,28-,29+,33-,34-,35+/m1/s1. The molecule has 0 aromatic heterocycles. The Labute approximate surface area is 252 Å². The summed E-state index contributed by atoms with van der Waals surface area (Å²) >= 11 is 0. The summed E-state index contributed by atoms with van der Waals surface area (Å²) in [6.45, 7) is 18.6. The van der Waals surface area contributed by atoms with Gasteiger partial charge in [0.15, 0.2) is 0 Å². The monoisotopic (exact) mass is 586 g/mol. The predicted molar refractivity (Wildman–Crippen MR) is 162 cm³/mol. The third kappa shape index (κ3) is 5.05. The highest BCUT2D eigenvalue weighted by molar-refractivity contribution is 5.85. The van der Waals surface area contributed by atoms with Gasteiger partial charge >= 0.3 is 17.9 Å². The molecule has 236 valence electrons. The fraction of sp³-hybridized carbons (Fsp3) is 0.800. The molecular formula is C35H54O7. The van der Waals surface area contributed by atoms with Gasteiger partial charge in [0.05, 0.1) is 6.10 Å². The minimum Gasteiger partial charge on any atom is -0.478 e. The number of ether oxygens (including phenoxy) is 3. The lowest BCUT2D eigenvalue weighted by atomic mass is 9.42. The normalized spacial score (nSPS) is 40.0. The van der Waals surface area contributed by atoms with Crippen LogP contribution in [0.3, 0.4) is 0 Å². The molecule has 0 aromatic carbocycles. The molecule has 1 N–H and O–H groups in total. The Bertz CT molecular complexity index is 1170. The summed E-state index contributed by atoms with van der Waals surface area (Å²) in [5.74, 6) is -0.404. The molecule has 0 spiro atoms. The summed E-state index contributed by atoms with van der Waals surface area (Å²) in [5, 5.41) is 9.30. The highest BCUT2D eigenvalue weighted by atomic mass is 16.5. The Morgan fingerprint density at radius 2 is 1.60 bits per heavy atom. The smallest absolute Gasteiger partial charge is 0.330 e. The topological polar surface area (TPSA) is 99.1 Å². The Morgan fingerprint density at radius 1 is 0.976 bits per heavy atom. The van der Waals surface area contributed by atoms with Crippen LogP contribution in [0.2, 0.25) is 0 Å². The van der Waals surface area contributed by atoms with Crippen molar-refractivity contribution >= 4 is 17.9 Å². The zero-order valence-corrected chi connectivity index (χ0v) is 27.6. The van der Waals surface area contributed by atoms with Crippen molar-refractivity contribution in [2.75, 3.05) is 7.11 Å². The first-order chi connectivity index (χ1) is 19.4. The van der Waals surface area contributed by atoms with Gasteiger partial charge in [0.2, 0.25) is 0 Å². The molecule has 9 atom stereocenters. The van der Waals surface area contributed by atoms with Crippen LogP contribution >= 0.6 is 0 Å². The number of carboxylic acids is 1. The summed E-state index contributed by atoms with van der Waals surface area (Å²) in [5.41, 5.74) is 2.45. The number of esters is 2. The number of carboxylic acid groups (broad SMARTS) is 1. The predicted octanol–water partition coefficient (Wildman–Crippen LogP) is 7.28. The third-order valence-corrected chi connectivity index (χ3v) is 12.8. The number of carbonyl (C=O) groups is 3. The summed E-state index contributed by atoms with van der Waals surface area (Å²) in [7, 11) is 1.81. The number of methoxy groups -OCH3 is 1. The second-order valence-electron chi connectivity index (χ2n) is 15.1. The average Bonchev–Trinajstić information content (AvgIpc) is 3.12. The molecule has 4 aliphatic carbocycles. The number of hydrogen-bond acceptors (Lipinski definition) is 6. The van der Waals surface area contributed by atoms with E-state index in [2.05, 4.69) is 41.5 Å². The highest BCUT2D eigenvalue weighted by Crippen LogP contribution is 2.73. The molecule has 2 fully saturated rings. The lowest BCUT2D eigenvalue weighted by Crippen LogP contribution is -2.60. The Morgan fingerprint density at radius 3 is 2.17 bits per heavy atom. The average molecular weight is 587 g/mol. The molecule has 0 bridgehead atoms. The van der Waals surface area contributed by atoms with Gasteiger partial charge in [-0.25, -0.2) is 4.79 Å². The zero-order chi connectivity index (χ0) is 31.4. The van der Waals surface area contributed by atoms with Gasteiger partial charge in [-0.15, -0.1) is 0 Å². The summed E-state index contributed by atoms with van der Waals surface area (Å²) in [6.07, 6.45) is 8.36. The number of rotatable bonds is 8. The first-order valence-electron chi connectivity index (χ1n) is 16.0. The van der Waals surface area contributed by atoms with Crippen LogP contribution in [0.4, 0.5) is 0 Å². The molecule has 0 amide bonds. The van der Waals surface area contributed by atoms with Crippen molar-refractivity contribution in [2.45, 2.75) is 132 Å². The van der Waals surface area contributed by atoms with E-state index in [1.54, 1.807) is 14.0 Å². The van der Waals surface area contributed by atoms with Gasteiger partial charge in [0.25, 0.3) is 0 Å². The van der Waals surface area contributed by atoms with E-state index in [0.717, 1.165) is 44.9 Å². The molecule has 0 aliphatic heterocycles. The van der Waals surface area contributed by atoms with Gasteiger partial charge in [-0.05, 0) is 92.4 Å². The Hall–Kier alpha value is -2.15. The van der Waals surface area contributed by atoms with Crippen LogP contribution < -0.4 is 0 Å². The molecule has 0 unspecified atom stereocenters. The van der Waals surface area contributed by atoms with Gasteiger partial charge < -0.3 is 19.3 Å². The van der Waals surface area contributed by atoms with Crippen LogP contribution in [0.15, 0.2) is 22.8 Å². The van der Waals surface area contributed by atoms with Crippen LogP contribution in [0.5, 0.6) is 0 Å². The van der Waals surface area contributed by atoms with Gasteiger partial charge in [0, 0.05) is 37.4 Å². The van der Waals surface area contributed by atoms with Crippen molar-refractivity contribution in [1.82, 2.24) is 0 Å². The lowest BCUT2D eigenvalue weighted by Gasteiger charge is -2.63. The largest absolute Gasteiger partial charge is 0.478 e. The third-order valence-electron chi connectivity index (χ3n) is 12.8. The minimum atomic E-state index is -0.871. The van der Waals surface area contributed by atoms with Crippen molar-refractivity contribution < 1.29 is 33.7 Å². The molecule has 0 saturated heterocycles. The van der Waals surface area contributed by atoms with E-state index < -0.39 is 5.97 Å². The van der Waals surface area contributed by atoms with Gasteiger partial charge in [-0.3, -0.25) is 9.59 Å². The van der Waals surface area contributed by atoms with Crippen molar-refractivity contribution in [2.24, 2.45) is 39.4 Å². The van der Waals surface area contributed by atoms with Crippen molar-refractivity contribution in [3.05, 3.63) is 22.8 Å². The maximum atomic E-state index is 12.5. The molecule has 7 nitrogen and oxygen atoms in total. The van der Waals surface area contributed by atoms with E-state index in [0.29, 0.717) is 23.8 Å². The molecule has 42 heavy (non-hydrogen) atoms. The van der Waals surface area contributed by atoms with E-state index in [4.69, 9.17) is 14.2 Å². The highest BCUT2D eigenvalue weighted by Gasteiger charge is 2.69. The first kappa shape index (κ1) is 32.8. The summed E-state index contributed by atoms with van der Waals surface area (Å²) in [6, 6.07) is 0. The first-order valence-corrected chi connectivity index (χ1v) is 16.0. The molecule has 0 radical (unpaired) electrons. The maximum absolute atomic E-state index is 12.5. The van der Waals surface area contributed by atoms with Gasteiger partial charge in [-0.2, -0.15) is 0 Å². The quantitative estimate of drug-likeness (QED) is 0.181. The van der Waals surface area contributed by atoms with E-state index in [-0.39, 0.29) is 57.8 Å². The van der Waals surface area contributed by atoms with Crippen LogP contribution in [0.1, 0.15) is 114 Å². The second kappa shape index (κ2) is 11.4. The number of carbonyl (C=O) groups excluding carboxylic acids is 2. The summed E-state index contributed by atoms with van der Waals surface area (Å²) < 4.78 is 18.5. The number of allylic oxidation sites excluding steroid dienone is 2. The Balaban J connectivity index is 1.79. The minimum absolute atomic E-state index is 0.0571. The summed E-state index contributed by atoms with van der Waals surface area (Å²) in [4.78, 5) is 35.9. The molecule has 2 saturated carbocycles. The van der Waals surface area contributed by atoms with Crippen molar-refractivity contribution in [1.29, 1.82) is 0 Å². The Kier molecular flexibility index (Phi) is 8.90. The zero-order valence-electron chi connectivity index (χ0n) is 27.6. The van der Waals surface area contributed by atoms with E-state index >= 15 is 0 Å². The van der Waals surface area contributed by atoms with Gasteiger partial charge in [-0.1, -0.05) is 53.2 Å². The van der Waals surface area contributed by atoms with Crippen LogP contribution in [0.25, 0.3) is 0 Å². The fourth-order valence-electron chi connectivity index (χ4n) is 10.3. The molecule has 0 heterocycles. The SMILES string of the molecule is CO[C@@H]1C[C@H]2C(C)(C)[C@H](OC(C)=O)CC[C@]2(C)C2=C1[C@]1(C)[C@@H](OC(C)=O)C[C@H]([C@H](C)CC/C=C(\C)C(=O)O)[C@@]1(C)CC2. The number of fused-ring (bicyclic) bond motifs is 4. The van der Waals surface area contributed by atoms with Crippen molar-refractivity contribution in [3.8, 4) is 0 Å². The van der Waals surface area contributed by atoms with Crippen LogP contribution in [-0.2, 0) is 28.6 Å². The molecule has 4 aliphatic rings. The maximum Gasteiger partial charge on any atom is 0.330 e. The molecule has 7 heteroatoms. The van der Waals surface area contributed by atoms with E-state index in [9.17, 15) is 19.5 Å². The van der Waals surface area contributed by atoms with Gasteiger partial charge in [0.1, 0.15) is 12.2 Å². The molecule has 4 rings (SSSR count).